The van der Waals surface area contributed by atoms with Gasteiger partial charge in [0.25, 0.3) is 0 Å². The van der Waals surface area contributed by atoms with Crippen molar-refractivity contribution in [2.24, 2.45) is 0 Å². The zero-order chi connectivity index (χ0) is 8.81. The second-order valence-electron chi connectivity index (χ2n) is 2.58. The van der Waals surface area contributed by atoms with Gasteiger partial charge in [0, 0.05) is 25.5 Å². The Bertz CT molecular complexity index is 238. The monoisotopic (exact) mass is 167 g/mol. The normalized spacial score (nSPS) is 10.1. The van der Waals surface area contributed by atoms with Crippen molar-refractivity contribution in [3.8, 4) is 5.88 Å². The number of aromatic hydroxyl groups is 1. The highest BCUT2D eigenvalue weighted by Gasteiger charge is 1.95. The number of nitrogens with zero attached hydrogens (tertiary/aromatic N) is 1. The summed E-state index contributed by atoms with van der Waals surface area (Å²) in [6, 6.07) is 5.26. The van der Waals surface area contributed by atoms with E-state index in [0.29, 0.717) is 0 Å². The van der Waals surface area contributed by atoms with Crippen molar-refractivity contribution in [2.75, 3.05) is 13.7 Å². The summed E-state index contributed by atoms with van der Waals surface area (Å²) in [7, 11) is 1.68. The first kappa shape index (κ1) is 9.00. The van der Waals surface area contributed by atoms with Gasteiger partial charge in [0.1, 0.15) is 0 Å². The molecule has 0 aliphatic carbocycles. The molecule has 1 rings (SSSR count). The third-order valence-electron chi connectivity index (χ3n) is 1.57. The number of methoxy groups -OCH3 is 1. The van der Waals surface area contributed by atoms with Gasteiger partial charge >= 0.3 is 0 Å². The van der Waals surface area contributed by atoms with Gasteiger partial charge in [-0.25, -0.2) is 4.98 Å². The fraction of sp³-hybridized carbons (Fsp3) is 0.444. The molecule has 0 fully saturated rings. The van der Waals surface area contributed by atoms with E-state index in [9.17, 15) is 0 Å². The fourth-order valence-electron chi connectivity index (χ4n) is 1.00. The Labute approximate surface area is 72.0 Å². The summed E-state index contributed by atoms with van der Waals surface area (Å²) in [5.74, 6) is 0.0879. The maximum Gasteiger partial charge on any atom is 0.210 e. The van der Waals surface area contributed by atoms with E-state index in [1.54, 1.807) is 19.2 Å². The van der Waals surface area contributed by atoms with Crippen LogP contribution in [-0.2, 0) is 11.2 Å². The van der Waals surface area contributed by atoms with Crippen molar-refractivity contribution in [1.29, 1.82) is 0 Å². The molecule has 3 heteroatoms. The Hall–Kier alpha value is -1.09. The van der Waals surface area contributed by atoms with E-state index in [2.05, 4.69) is 4.98 Å². The third kappa shape index (κ3) is 2.88. The largest absolute Gasteiger partial charge is 0.493 e. The van der Waals surface area contributed by atoms with Gasteiger partial charge in [-0.05, 0) is 18.9 Å². The highest BCUT2D eigenvalue weighted by Crippen LogP contribution is 2.06. The Morgan fingerprint density at radius 3 is 3.00 bits per heavy atom. The number of hydrogen-bond acceptors (Lipinski definition) is 3. The zero-order valence-electron chi connectivity index (χ0n) is 7.16. The lowest BCUT2D eigenvalue weighted by Crippen LogP contribution is -1.94. The first-order valence-corrected chi connectivity index (χ1v) is 3.97. The lowest BCUT2D eigenvalue weighted by atomic mass is 10.2. The Morgan fingerprint density at radius 2 is 2.33 bits per heavy atom. The van der Waals surface area contributed by atoms with Crippen LogP contribution in [0.5, 0.6) is 5.88 Å². The lowest BCUT2D eigenvalue weighted by molar-refractivity contribution is 0.195. The molecule has 1 aromatic rings. The van der Waals surface area contributed by atoms with Crippen molar-refractivity contribution in [3.63, 3.8) is 0 Å². The predicted octanol–water partition coefficient (Wildman–Crippen LogP) is 1.37. The van der Waals surface area contributed by atoms with Gasteiger partial charge < -0.3 is 9.84 Å². The van der Waals surface area contributed by atoms with Crippen LogP contribution in [0.25, 0.3) is 0 Å². The van der Waals surface area contributed by atoms with E-state index in [-0.39, 0.29) is 5.88 Å². The Morgan fingerprint density at radius 1 is 1.50 bits per heavy atom. The van der Waals surface area contributed by atoms with E-state index in [0.717, 1.165) is 25.1 Å². The van der Waals surface area contributed by atoms with Crippen molar-refractivity contribution >= 4 is 0 Å². The number of aromatic nitrogens is 1. The average molecular weight is 167 g/mol. The standard InChI is InChI=1S/C9H13NO2/c1-12-7-3-5-8-4-2-6-9(11)10-8/h2,4,6H,3,5,7H2,1H3,(H,10,11). The Kier molecular flexibility index (Phi) is 3.54. The smallest absolute Gasteiger partial charge is 0.210 e. The first-order valence-electron chi connectivity index (χ1n) is 3.97. The highest BCUT2D eigenvalue weighted by atomic mass is 16.5. The molecule has 3 nitrogen and oxygen atoms in total. The van der Waals surface area contributed by atoms with Gasteiger partial charge in [-0.1, -0.05) is 6.07 Å². The second-order valence-corrected chi connectivity index (χ2v) is 2.58. The summed E-state index contributed by atoms with van der Waals surface area (Å²) in [5.41, 5.74) is 0.909. The molecular weight excluding hydrogens is 154 g/mol. The Balaban J connectivity index is 2.41. The minimum Gasteiger partial charge on any atom is -0.493 e. The minimum atomic E-state index is 0.0879. The van der Waals surface area contributed by atoms with E-state index < -0.39 is 0 Å². The average Bonchev–Trinajstić information content (AvgIpc) is 2.05. The molecule has 0 aromatic carbocycles. The van der Waals surface area contributed by atoms with Crippen molar-refractivity contribution in [3.05, 3.63) is 23.9 Å². The van der Waals surface area contributed by atoms with Crippen LogP contribution in [0.1, 0.15) is 12.1 Å². The third-order valence-corrected chi connectivity index (χ3v) is 1.57. The maximum absolute atomic E-state index is 9.03. The zero-order valence-corrected chi connectivity index (χ0v) is 7.16. The molecule has 1 aromatic heterocycles. The van der Waals surface area contributed by atoms with E-state index in [1.165, 1.54) is 0 Å². The van der Waals surface area contributed by atoms with Crippen LogP contribution in [0.15, 0.2) is 18.2 Å². The molecule has 0 amide bonds. The van der Waals surface area contributed by atoms with Crippen molar-refractivity contribution in [2.45, 2.75) is 12.8 Å². The van der Waals surface area contributed by atoms with Crippen LogP contribution in [-0.4, -0.2) is 23.8 Å². The summed E-state index contributed by atoms with van der Waals surface area (Å²) in [4.78, 5) is 3.94. The molecular formula is C9H13NO2. The van der Waals surface area contributed by atoms with Crippen molar-refractivity contribution < 1.29 is 9.84 Å². The second kappa shape index (κ2) is 4.72. The number of ether oxygens (including phenoxy) is 1. The molecule has 0 radical (unpaired) electrons. The summed E-state index contributed by atoms with van der Waals surface area (Å²) in [6.07, 6.45) is 1.79. The van der Waals surface area contributed by atoms with Crippen LogP contribution < -0.4 is 0 Å². The number of pyridine rings is 1. The van der Waals surface area contributed by atoms with Gasteiger partial charge in [0.15, 0.2) is 0 Å². The molecule has 66 valence electrons. The molecule has 0 atom stereocenters. The molecule has 0 aliphatic heterocycles. The lowest BCUT2D eigenvalue weighted by Gasteiger charge is -1.99. The molecule has 0 aliphatic rings. The van der Waals surface area contributed by atoms with E-state index in [1.807, 2.05) is 6.07 Å². The molecule has 0 saturated carbocycles. The molecule has 0 bridgehead atoms. The van der Waals surface area contributed by atoms with Crippen molar-refractivity contribution in [1.82, 2.24) is 4.98 Å². The van der Waals surface area contributed by atoms with Gasteiger partial charge in [0.2, 0.25) is 5.88 Å². The molecule has 0 unspecified atom stereocenters. The first-order chi connectivity index (χ1) is 5.83. The van der Waals surface area contributed by atoms with Gasteiger partial charge in [-0.15, -0.1) is 0 Å². The van der Waals surface area contributed by atoms with Crippen LogP contribution in [0, 0.1) is 0 Å². The molecule has 0 saturated heterocycles. The molecule has 1 heterocycles. The quantitative estimate of drug-likeness (QED) is 0.688. The number of hydrogen-bond donors (Lipinski definition) is 1. The molecule has 1 N–H and O–H groups in total. The fourth-order valence-corrected chi connectivity index (χ4v) is 1.00. The maximum atomic E-state index is 9.03. The van der Waals surface area contributed by atoms with Crippen LogP contribution >= 0.6 is 0 Å². The van der Waals surface area contributed by atoms with Gasteiger partial charge in [-0.3, -0.25) is 0 Å². The number of rotatable bonds is 4. The summed E-state index contributed by atoms with van der Waals surface area (Å²) < 4.78 is 4.90. The summed E-state index contributed by atoms with van der Waals surface area (Å²) in [5, 5.41) is 9.03. The molecule has 0 spiro atoms. The van der Waals surface area contributed by atoms with Gasteiger partial charge in [-0.2, -0.15) is 0 Å². The van der Waals surface area contributed by atoms with E-state index >= 15 is 0 Å². The topological polar surface area (TPSA) is 42.4 Å². The van der Waals surface area contributed by atoms with Crippen LogP contribution in [0.4, 0.5) is 0 Å². The predicted molar refractivity (Wildman–Crippen MR) is 46.1 cm³/mol. The van der Waals surface area contributed by atoms with E-state index in [4.69, 9.17) is 9.84 Å². The number of aryl methyl sites for hydroxylation is 1. The highest BCUT2D eigenvalue weighted by molar-refractivity contribution is 5.14. The molecule has 12 heavy (non-hydrogen) atoms. The minimum absolute atomic E-state index is 0.0879. The van der Waals surface area contributed by atoms with Gasteiger partial charge in [0.05, 0.1) is 0 Å². The summed E-state index contributed by atoms with van der Waals surface area (Å²) in [6.45, 7) is 0.733. The van der Waals surface area contributed by atoms with Crippen LogP contribution in [0.3, 0.4) is 0 Å². The summed E-state index contributed by atoms with van der Waals surface area (Å²) >= 11 is 0. The SMILES string of the molecule is COCCCc1cccc(O)n1. The van der Waals surface area contributed by atoms with Crippen LogP contribution in [0.2, 0.25) is 0 Å².